The zero-order valence-electron chi connectivity index (χ0n) is 10.5. The van der Waals surface area contributed by atoms with Crippen LogP contribution >= 0.6 is 0 Å². The SMILES string of the molecule is CCOC(=O)CS(=O)(=O)NC(CO)CC(C)C. The quantitative estimate of drug-likeness (QED) is 0.598. The van der Waals surface area contributed by atoms with Gasteiger partial charge in [-0.1, -0.05) is 13.8 Å². The van der Waals surface area contributed by atoms with Crippen LogP contribution in [-0.4, -0.2) is 44.5 Å². The fraction of sp³-hybridized carbons (Fsp3) is 0.900. The van der Waals surface area contributed by atoms with Crippen LogP contribution in [0.1, 0.15) is 27.2 Å². The highest BCUT2D eigenvalue weighted by Crippen LogP contribution is 2.05. The molecular formula is C10H21NO5S. The van der Waals surface area contributed by atoms with E-state index in [1.807, 2.05) is 13.8 Å². The van der Waals surface area contributed by atoms with E-state index >= 15 is 0 Å². The van der Waals surface area contributed by atoms with Crippen molar-refractivity contribution in [2.75, 3.05) is 19.0 Å². The van der Waals surface area contributed by atoms with Gasteiger partial charge >= 0.3 is 5.97 Å². The Hall–Kier alpha value is -0.660. The van der Waals surface area contributed by atoms with Crippen LogP contribution in [0, 0.1) is 5.92 Å². The Bertz CT molecular complexity index is 326. The lowest BCUT2D eigenvalue weighted by Gasteiger charge is -2.17. The van der Waals surface area contributed by atoms with Gasteiger partial charge in [-0.05, 0) is 19.3 Å². The molecule has 17 heavy (non-hydrogen) atoms. The largest absolute Gasteiger partial charge is 0.465 e. The van der Waals surface area contributed by atoms with E-state index in [9.17, 15) is 13.2 Å². The predicted octanol–water partition coefficient (Wildman–Crippen LogP) is -0.124. The average molecular weight is 267 g/mol. The molecule has 6 nitrogen and oxygen atoms in total. The van der Waals surface area contributed by atoms with Gasteiger partial charge in [-0.2, -0.15) is 0 Å². The summed E-state index contributed by atoms with van der Waals surface area (Å²) < 4.78 is 29.9. The Morgan fingerprint density at radius 1 is 1.41 bits per heavy atom. The van der Waals surface area contributed by atoms with Gasteiger partial charge in [0.15, 0.2) is 5.75 Å². The van der Waals surface area contributed by atoms with Crippen LogP contribution in [0.15, 0.2) is 0 Å². The molecule has 0 saturated carbocycles. The third-order valence-corrected chi connectivity index (χ3v) is 3.24. The van der Waals surface area contributed by atoms with Gasteiger partial charge in [-0.3, -0.25) is 4.79 Å². The third-order valence-electron chi connectivity index (χ3n) is 1.94. The minimum atomic E-state index is -3.74. The zero-order chi connectivity index (χ0) is 13.5. The Kier molecular flexibility index (Phi) is 7.33. The van der Waals surface area contributed by atoms with Crippen LogP contribution in [-0.2, 0) is 19.6 Å². The van der Waals surface area contributed by atoms with E-state index in [2.05, 4.69) is 9.46 Å². The summed E-state index contributed by atoms with van der Waals surface area (Å²) in [5.74, 6) is -1.26. The van der Waals surface area contributed by atoms with Gasteiger partial charge in [0.2, 0.25) is 10.0 Å². The molecule has 0 radical (unpaired) electrons. The van der Waals surface area contributed by atoms with Crippen molar-refractivity contribution >= 4 is 16.0 Å². The molecule has 0 aliphatic heterocycles. The second kappa shape index (κ2) is 7.62. The molecule has 0 heterocycles. The van der Waals surface area contributed by atoms with E-state index in [1.54, 1.807) is 6.92 Å². The first-order valence-electron chi connectivity index (χ1n) is 5.57. The fourth-order valence-corrected chi connectivity index (χ4v) is 2.54. The normalized spacial score (nSPS) is 13.7. The topological polar surface area (TPSA) is 92.7 Å². The van der Waals surface area contributed by atoms with Gasteiger partial charge in [-0.15, -0.1) is 0 Å². The monoisotopic (exact) mass is 267 g/mol. The molecule has 0 saturated heterocycles. The number of esters is 1. The van der Waals surface area contributed by atoms with Crippen molar-refractivity contribution in [3.8, 4) is 0 Å². The summed E-state index contributed by atoms with van der Waals surface area (Å²) >= 11 is 0. The molecule has 102 valence electrons. The molecule has 2 N–H and O–H groups in total. The second-order valence-electron chi connectivity index (χ2n) is 4.19. The summed E-state index contributed by atoms with van der Waals surface area (Å²) in [6.07, 6.45) is 0.512. The van der Waals surface area contributed by atoms with Crippen LogP contribution in [0.2, 0.25) is 0 Å². The smallest absolute Gasteiger partial charge is 0.322 e. The number of hydrogen-bond donors (Lipinski definition) is 2. The summed E-state index contributed by atoms with van der Waals surface area (Å²) in [6.45, 7) is 5.29. The van der Waals surface area contributed by atoms with E-state index in [1.165, 1.54) is 0 Å². The first kappa shape index (κ1) is 16.3. The van der Waals surface area contributed by atoms with Gasteiger partial charge < -0.3 is 9.84 Å². The van der Waals surface area contributed by atoms with Crippen LogP contribution in [0.25, 0.3) is 0 Å². The Labute approximate surface area is 102 Å². The van der Waals surface area contributed by atoms with Crippen LogP contribution in [0.4, 0.5) is 0 Å². The molecule has 1 unspecified atom stereocenters. The van der Waals surface area contributed by atoms with E-state index < -0.39 is 27.8 Å². The second-order valence-corrected chi connectivity index (χ2v) is 5.94. The van der Waals surface area contributed by atoms with Crippen LogP contribution in [0.3, 0.4) is 0 Å². The molecule has 0 aromatic heterocycles. The number of hydrogen-bond acceptors (Lipinski definition) is 5. The lowest BCUT2D eigenvalue weighted by Crippen LogP contribution is -2.41. The van der Waals surface area contributed by atoms with Crippen molar-refractivity contribution in [1.29, 1.82) is 0 Å². The van der Waals surface area contributed by atoms with E-state index in [4.69, 9.17) is 5.11 Å². The Morgan fingerprint density at radius 2 is 2.00 bits per heavy atom. The van der Waals surface area contributed by atoms with Crippen molar-refractivity contribution in [3.63, 3.8) is 0 Å². The van der Waals surface area contributed by atoms with E-state index in [0.717, 1.165) is 0 Å². The molecule has 0 aromatic rings. The minimum Gasteiger partial charge on any atom is -0.465 e. The van der Waals surface area contributed by atoms with E-state index in [0.29, 0.717) is 6.42 Å². The molecule has 0 aliphatic carbocycles. The molecule has 0 amide bonds. The van der Waals surface area contributed by atoms with Crippen LogP contribution in [0.5, 0.6) is 0 Å². The number of carbonyl (C=O) groups is 1. The molecule has 0 aromatic carbocycles. The maximum absolute atomic E-state index is 11.5. The molecule has 0 fully saturated rings. The standard InChI is InChI=1S/C10H21NO5S/c1-4-16-10(13)7-17(14,15)11-9(6-12)5-8(2)3/h8-9,11-12H,4-7H2,1-3H3. The highest BCUT2D eigenvalue weighted by atomic mass is 32.2. The number of sulfonamides is 1. The number of aliphatic hydroxyl groups is 1. The first-order chi connectivity index (χ1) is 7.80. The highest BCUT2D eigenvalue weighted by molar-refractivity contribution is 7.90. The molecule has 7 heteroatoms. The highest BCUT2D eigenvalue weighted by Gasteiger charge is 2.22. The van der Waals surface area contributed by atoms with Gasteiger partial charge in [0.05, 0.1) is 13.2 Å². The minimum absolute atomic E-state index is 0.143. The first-order valence-corrected chi connectivity index (χ1v) is 7.22. The number of rotatable bonds is 8. The van der Waals surface area contributed by atoms with Crippen molar-refractivity contribution in [2.45, 2.75) is 33.2 Å². The van der Waals surface area contributed by atoms with Crippen molar-refractivity contribution in [1.82, 2.24) is 4.72 Å². The average Bonchev–Trinajstić information content (AvgIpc) is 2.14. The third kappa shape index (κ3) is 8.12. The number of nitrogens with one attached hydrogen (secondary N) is 1. The zero-order valence-corrected chi connectivity index (χ0v) is 11.3. The molecule has 0 aliphatic rings. The molecule has 1 atom stereocenters. The molecule has 0 rings (SSSR count). The van der Waals surface area contributed by atoms with Gasteiger partial charge in [0.1, 0.15) is 0 Å². The van der Waals surface area contributed by atoms with Crippen molar-refractivity contribution < 1.29 is 23.1 Å². The lowest BCUT2D eigenvalue weighted by molar-refractivity contribution is -0.139. The van der Waals surface area contributed by atoms with Crippen molar-refractivity contribution in [2.24, 2.45) is 5.92 Å². The number of aliphatic hydroxyl groups excluding tert-OH is 1. The molecule has 0 spiro atoms. The van der Waals surface area contributed by atoms with Gasteiger partial charge in [-0.25, -0.2) is 13.1 Å². The Balaban J connectivity index is 4.36. The Morgan fingerprint density at radius 3 is 2.41 bits per heavy atom. The predicted molar refractivity (Wildman–Crippen MR) is 63.9 cm³/mol. The molecule has 0 bridgehead atoms. The summed E-state index contributed by atoms with van der Waals surface area (Å²) in [6, 6.07) is -0.561. The van der Waals surface area contributed by atoms with Crippen molar-refractivity contribution in [3.05, 3.63) is 0 Å². The maximum Gasteiger partial charge on any atom is 0.322 e. The van der Waals surface area contributed by atoms with Gasteiger partial charge in [0.25, 0.3) is 0 Å². The summed E-state index contributed by atoms with van der Waals surface area (Å²) in [7, 11) is -3.74. The molecular weight excluding hydrogens is 246 g/mol. The number of ether oxygens (including phenoxy) is 1. The fourth-order valence-electron chi connectivity index (χ4n) is 1.38. The summed E-state index contributed by atoms with van der Waals surface area (Å²) in [5, 5.41) is 9.03. The summed E-state index contributed by atoms with van der Waals surface area (Å²) in [4.78, 5) is 11.0. The van der Waals surface area contributed by atoms with Crippen LogP contribution < -0.4 is 4.72 Å². The summed E-state index contributed by atoms with van der Waals surface area (Å²) in [5.41, 5.74) is 0. The number of carbonyl (C=O) groups excluding carboxylic acids is 1. The van der Waals surface area contributed by atoms with E-state index in [-0.39, 0.29) is 19.1 Å². The maximum atomic E-state index is 11.5. The van der Waals surface area contributed by atoms with Gasteiger partial charge in [0, 0.05) is 6.04 Å². The lowest BCUT2D eigenvalue weighted by atomic mass is 10.1.